The fourth-order valence-corrected chi connectivity index (χ4v) is 4.02. The molecule has 1 aliphatic rings. The average molecular weight is 447 g/mol. The first-order chi connectivity index (χ1) is 15.8. The molecule has 3 aromatic rings. The second kappa shape index (κ2) is 9.57. The quantitative estimate of drug-likeness (QED) is 0.539. The minimum Gasteiger partial charge on any atom is -0.497 e. The summed E-state index contributed by atoms with van der Waals surface area (Å²) in [7, 11) is 1.66. The molecule has 2 aromatic heterocycles. The first kappa shape index (κ1) is 22.7. The number of aromatic nitrogens is 3. The van der Waals surface area contributed by atoms with Crippen molar-refractivity contribution in [2.75, 3.05) is 20.2 Å². The van der Waals surface area contributed by atoms with Gasteiger partial charge in [-0.1, -0.05) is 12.1 Å². The van der Waals surface area contributed by atoms with E-state index in [9.17, 15) is 4.79 Å². The van der Waals surface area contributed by atoms with Crippen molar-refractivity contribution in [1.82, 2.24) is 19.9 Å². The Morgan fingerprint density at radius 3 is 2.45 bits per heavy atom. The van der Waals surface area contributed by atoms with E-state index in [4.69, 9.17) is 14.5 Å². The summed E-state index contributed by atoms with van der Waals surface area (Å²) in [6, 6.07) is 11.8. The van der Waals surface area contributed by atoms with Crippen LogP contribution in [0, 0.1) is 0 Å². The van der Waals surface area contributed by atoms with E-state index in [1.807, 2.05) is 63.4 Å². The summed E-state index contributed by atoms with van der Waals surface area (Å²) in [6.45, 7) is 6.93. The van der Waals surface area contributed by atoms with Crippen molar-refractivity contribution in [1.29, 1.82) is 0 Å². The van der Waals surface area contributed by atoms with Gasteiger partial charge in [0.25, 0.3) is 0 Å². The molecule has 1 amide bonds. The third-order valence-corrected chi connectivity index (χ3v) is 5.67. The molecule has 1 aliphatic heterocycles. The summed E-state index contributed by atoms with van der Waals surface area (Å²) in [6.07, 6.45) is 6.75. The molecule has 1 aromatic carbocycles. The number of carbonyl (C=O) groups is 1. The van der Waals surface area contributed by atoms with Crippen molar-refractivity contribution in [3.8, 4) is 28.3 Å². The van der Waals surface area contributed by atoms with Gasteiger partial charge in [-0.15, -0.1) is 0 Å². The van der Waals surface area contributed by atoms with Crippen LogP contribution in [0.15, 0.2) is 55.0 Å². The minimum absolute atomic E-state index is 0.202. The number of hydrogen-bond donors (Lipinski definition) is 0. The number of methoxy groups -OCH3 is 1. The zero-order valence-corrected chi connectivity index (χ0v) is 19.6. The van der Waals surface area contributed by atoms with E-state index in [-0.39, 0.29) is 12.0 Å². The second-order valence-corrected chi connectivity index (χ2v) is 9.20. The molecule has 4 rings (SSSR count). The fourth-order valence-electron chi connectivity index (χ4n) is 4.02. The predicted molar refractivity (Wildman–Crippen MR) is 127 cm³/mol. The molecule has 33 heavy (non-hydrogen) atoms. The van der Waals surface area contributed by atoms with Gasteiger partial charge in [-0.25, -0.2) is 14.8 Å². The van der Waals surface area contributed by atoms with E-state index in [0.29, 0.717) is 18.9 Å². The number of nitrogens with zero attached hydrogens (tertiary/aromatic N) is 4. The Kier molecular flexibility index (Phi) is 6.58. The van der Waals surface area contributed by atoms with Crippen molar-refractivity contribution in [3.05, 3.63) is 60.7 Å². The number of carbonyl (C=O) groups excluding carboxylic acids is 1. The maximum Gasteiger partial charge on any atom is 0.410 e. The van der Waals surface area contributed by atoms with Crippen LogP contribution >= 0.6 is 0 Å². The second-order valence-electron chi connectivity index (χ2n) is 9.20. The topological polar surface area (TPSA) is 77.4 Å². The maximum absolute atomic E-state index is 12.5. The van der Waals surface area contributed by atoms with Gasteiger partial charge in [0.2, 0.25) is 0 Å². The van der Waals surface area contributed by atoms with Gasteiger partial charge >= 0.3 is 6.09 Å². The van der Waals surface area contributed by atoms with E-state index in [2.05, 4.69) is 9.97 Å². The van der Waals surface area contributed by atoms with E-state index in [1.165, 1.54) is 0 Å². The Morgan fingerprint density at radius 2 is 1.79 bits per heavy atom. The summed E-state index contributed by atoms with van der Waals surface area (Å²) >= 11 is 0. The minimum atomic E-state index is -0.500. The zero-order valence-electron chi connectivity index (χ0n) is 19.6. The van der Waals surface area contributed by atoms with E-state index in [0.717, 1.165) is 41.0 Å². The van der Waals surface area contributed by atoms with Crippen LogP contribution in [-0.2, 0) is 4.74 Å². The molecule has 1 saturated heterocycles. The Balaban J connectivity index is 1.64. The van der Waals surface area contributed by atoms with Crippen LogP contribution in [0.2, 0.25) is 0 Å². The largest absolute Gasteiger partial charge is 0.497 e. The van der Waals surface area contributed by atoms with Crippen molar-refractivity contribution >= 4 is 6.09 Å². The van der Waals surface area contributed by atoms with Crippen LogP contribution in [-0.4, -0.2) is 51.7 Å². The number of likely N-dealkylation sites (tertiary alicyclic amines) is 1. The van der Waals surface area contributed by atoms with Crippen molar-refractivity contribution in [3.63, 3.8) is 0 Å². The van der Waals surface area contributed by atoms with Crippen LogP contribution < -0.4 is 4.74 Å². The predicted octanol–water partition coefficient (Wildman–Crippen LogP) is 5.33. The normalized spacial score (nSPS) is 14.7. The lowest BCUT2D eigenvalue weighted by Gasteiger charge is -2.33. The fraction of sp³-hybridized carbons (Fsp3) is 0.385. The molecule has 1 fully saturated rings. The number of hydrogen-bond acceptors (Lipinski definition) is 6. The van der Waals surface area contributed by atoms with Gasteiger partial charge in [0.1, 0.15) is 11.4 Å². The monoisotopic (exact) mass is 446 g/mol. The number of amides is 1. The summed E-state index contributed by atoms with van der Waals surface area (Å²) in [4.78, 5) is 28.1. The number of pyridine rings is 1. The van der Waals surface area contributed by atoms with Crippen LogP contribution in [0.3, 0.4) is 0 Å². The van der Waals surface area contributed by atoms with Gasteiger partial charge < -0.3 is 14.4 Å². The lowest BCUT2D eigenvalue weighted by Crippen LogP contribution is -2.41. The number of ether oxygens (including phenoxy) is 2. The summed E-state index contributed by atoms with van der Waals surface area (Å²) in [5, 5.41) is 0. The third kappa shape index (κ3) is 5.48. The smallest absolute Gasteiger partial charge is 0.410 e. The molecule has 0 saturated carbocycles. The molecular formula is C26H30N4O3. The average Bonchev–Trinajstić information content (AvgIpc) is 2.83. The van der Waals surface area contributed by atoms with Gasteiger partial charge in [-0.3, -0.25) is 4.98 Å². The molecular weight excluding hydrogens is 416 g/mol. The maximum atomic E-state index is 12.5. The number of benzene rings is 1. The van der Waals surface area contributed by atoms with E-state index < -0.39 is 5.60 Å². The van der Waals surface area contributed by atoms with Gasteiger partial charge in [0.15, 0.2) is 5.82 Å². The summed E-state index contributed by atoms with van der Waals surface area (Å²) in [5.41, 5.74) is 3.42. The number of rotatable bonds is 4. The highest BCUT2D eigenvalue weighted by Gasteiger charge is 2.29. The van der Waals surface area contributed by atoms with Gasteiger partial charge in [-0.2, -0.15) is 0 Å². The van der Waals surface area contributed by atoms with Gasteiger partial charge in [0.05, 0.1) is 12.8 Å². The Labute approximate surface area is 194 Å². The van der Waals surface area contributed by atoms with Gasteiger partial charge in [-0.05, 0) is 63.4 Å². The zero-order chi connectivity index (χ0) is 23.4. The Morgan fingerprint density at radius 1 is 1.06 bits per heavy atom. The Hall–Kier alpha value is -3.48. The lowest BCUT2D eigenvalue weighted by molar-refractivity contribution is 0.0204. The van der Waals surface area contributed by atoms with Crippen molar-refractivity contribution < 1.29 is 14.3 Å². The number of piperidine rings is 1. The lowest BCUT2D eigenvalue weighted by atomic mass is 9.89. The molecule has 0 bridgehead atoms. The highest BCUT2D eigenvalue weighted by atomic mass is 16.6. The van der Waals surface area contributed by atoms with Gasteiger partial charge in [0, 0.05) is 48.7 Å². The molecule has 3 heterocycles. The SMILES string of the molecule is COc1cccc(-c2cnc(-c3ccncc3)nc2C2CCN(C(=O)OC(C)(C)C)CC2)c1. The highest BCUT2D eigenvalue weighted by Crippen LogP contribution is 2.36. The standard InChI is InChI=1S/C26H30N4O3/c1-26(2,3)33-25(31)30-14-10-18(11-15-30)23-22(20-6-5-7-21(16-20)32-4)17-28-24(29-23)19-8-12-27-13-9-19/h5-9,12-13,16-18H,10-11,14-15H2,1-4H3. The molecule has 0 spiro atoms. The first-order valence-electron chi connectivity index (χ1n) is 11.2. The highest BCUT2D eigenvalue weighted by molar-refractivity contribution is 5.70. The molecule has 0 atom stereocenters. The van der Waals surface area contributed by atoms with Crippen LogP contribution in [0.25, 0.3) is 22.5 Å². The van der Waals surface area contributed by atoms with Crippen LogP contribution in [0.1, 0.15) is 45.2 Å². The molecule has 0 unspecified atom stereocenters. The van der Waals surface area contributed by atoms with E-state index in [1.54, 1.807) is 24.4 Å². The van der Waals surface area contributed by atoms with E-state index >= 15 is 0 Å². The molecule has 0 radical (unpaired) electrons. The third-order valence-electron chi connectivity index (χ3n) is 5.67. The van der Waals surface area contributed by atoms with Crippen LogP contribution in [0.4, 0.5) is 4.79 Å². The van der Waals surface area contributed by atoms with Crippen molar-refractivity contribution in [2.24, 2.45) is 0 Å². The molecule has 7 nitrogen and oxygen atoms in total. The van der Waals surface area contributed by atoms with Crippen LogP contribution in [0.5, 0.6) is 5.75 Å². The first-order valence-corrected chi connectivity index (χ1v) is 11.2. The molecule has 0 aliphatic carbocycles. The Bertz CT molecular complexity index is 1100. The summed E-state index contributed by atoms with van der Waals surface area (Å²) in [5.74, 6) is 1.67. The van der Waals surface area contributed by atoms with Crippen molar-refractivity contribution in [2.45, 2.75) is 45.1 Å². The molecule has 172 valence electrons. The molecule has 0 N–H and O–H groups in total. The summed E-state index contributed by atoms with van der Waals surface area (Å²) < 4.78 is 11.0. The molecule has 7 heteroatoms.